The van der Waals surface area contributed by atoms with Crippen molar-refractivity contribution in [2.75, 3.05) is 0 Å². The van der Waals surface area contributed by atoms with Crippen LogP contribution in [0.2, 0.25) is 15.1 Å². The minimum Gasteiger partial charge on any atom is -0.205 e. The van der Waals surface area contributed by atoms with Crippen molar-refractivity contribution in [3.05, 3.63) is 56.5 Å². The van der Waals surface area contributed by atoms with Gasteiger partial charge >= 0.3 is 6.18 Å². The lowest BCUT2D eigenvalue weighted by Crippen LogP contribution is -2.06. The van der Waals surface area contributed by atoms with Crippen molar-refractivity contribution in [3.8, 4) is 11.1 Å². The molecule has 0 aliphatic rings. The molecule has 0 bridgehead atoms. The third kappa shape index (κ3) is 3.47. The maximum atomic E-state index is 13.1. The van der Waals surface area contributed by atoms with Crippen molar-refractivity contribution in [2.24, 2.45) is 0 Å². The molecule has 0 N–H and O–H groups in total. The molecule has 0 saturated carbocycles. The zero-order chi connectivity index (χ0) is 16.7. The van der Waals surface area contributed by atoms with Crippen molar-refractivity contribution in [2.45, 2.75) is 12.6 Å². The molecular weight excluding hydrogens is 370 g/mol. The van der Waals surface area contributed by atoms with Crippen LogP contribution in [0.25, 0.3) is 11.1 Å². The van der Waals surface area contributed by atoms with Gasteiger partial charge in [-0.2, -0.15) is 13.2 Å². The van der Waals surface area contributed by atoms with E-state index >= 15 is 0 Å². The van der Waals surface area contributed by atoms with Crippen LogP contribution in [-0.4, -0.2) is 0 Å². The first-order chi connectivity index (χ1) is 10.1. The molecule has 0 amide bonds. The Kier molecular flexibility index (Phi) is 4.90. The molecule has 0 heterocycles. The van der Waals surface area contributed by atoms with Crippen LogP contribution in [0, 0.1) is 0 Å². The van der Waals surface area contributed by atoms with Crippen LogP contribution < -0.4 is 0 Å². The zero-order valence-corrected chi connectivity index (χ0v) is 12.8. The van der Waals surface area contributed by atoms with Gasteiger partial charge in [0.2, 0.25) is 0 Å². The summed E-state index contributed by atoms with van der Waals surface area (Å²) in [6.07, 6.45) is -7.66. The summed E-state index contributed by atoms with van der Waals surface area (Å²) in [6, 6.07) is 4.37. The smallest absolute Gasteiger partial charge is 0.205 e. The molecule has 0 aliphatic heterocycles. The minimum absolute atomic E-state index is 0.0400. The van der Waals surface area contributed by atoms with E-state index in [1.165, 1.54) is 12.1 Å². The first kappa shape index (κ1) is 17.3. The largest absolute Gasteiger partial charge is 0.416 e. The molecule has 2 rings (SSSR count). The molecule has 8 heteroatoms. The summed E-state index contributed by atoms with van der Waals surface area (Å²) < 4.78 is 64.6. The van der Waals surface area contributed by atoms with Gasteiger partial charge < -0.3 is 0 Å². The second-order valence-electron chi connectivity index (χ2n) is 4.35. The van der Waals surface area contributed by atoms with Crippen molar-refractivity contribution < 1.29 is 22.0 Å². The SMILES string of the molecule is FC(F)c1ccc(C(F)(F)F)cc1-c1cc(Cl)cc(Cl)c1Cl. The third-order valence-corrected chi connectivity index (χ3v) is 3.92. The molecule has 2 aromatic rings. The number of hydrogen-bond donors (Lipinski definition) is 0. The number of hydrogen-bond acceptors (Lipinski definition) is 0. The van der Waals surface area contributed by atoms with Gasteiger partial charge in [0.1, 0.15) is 0 Å². The van der Waals surface area contributed by atoms with Crippen molar-refractivity contribution in [1.82, 2.24) is 0 Å². The maximum absolute atomic E-state index is 13.1. The lowest BCUT2D eigenvalue weighted by Gasteiger charge is -2.15. The average Bonchev–Trinajstić information content (AvgIpc) is 2.41. The molecule has 0 aliphatic carbocycles. The number of benzene rings is 2. The average molecular weight is 376 g/mol. The van der Waals surface area contributed by atoms with Crippen molar-refractivity contribution in [3.63, 3.8) is 0 Å². The summed E-state index contributed by atoms with van der Waals surface area (Å²) in [4.78, 5) is 0. The molecule has 2 aromatic carbocycles. The van der Waals surface area contributed by atoms with Crippen LogP contribution in [0.15, 0.2) is 30.3 Å². The van der Waals surface area contributed by atoms with Crippen LogP contribution in [0.3, 0.4) is 0 Å². The fourth-order valence-corrected chi connectivity index (χ4v) is 2.61. The standard InChI is InChI=1S/C14H6Cl3F5/c15-7-4-10(12(17)11(16)5-7)9-3-6(14(20,21)22)1-2-8(9)13(18)19/h1-5,13H. The van der Waals surface area contributed by atoms with Crippen LogP contribution >= 0.6 is 34.8 Å². The van der Waals surface area contributed by atoms with Crippen LogP contribution in [0.1, 0.15) is 17.6 Å². The van der Waals surface area contributed by atoms with E-state index in [0.29, 0.717) is 18.2 Å². The molecule has 0 atom stereocenters. The Bertz CT molecular complexity index is 710. The Hall–Kier alpha value is -1.04. The van der Waals surface area contributed by atoms with Gasteiger partial charge in [-0.1, -0.05) is 40.9 Å². The van der Waals surface area contributed by atoms with Crippen LogP contribution in [-0.2, 0) is 6.18 Å². The lowest BCUT2D eigenvalue weighted by atomic mass is 9.97. The molecule has 0 radical (unpaired) electrons. The van der Waals surface area contributed by atoms with Gasteiger partial charge in [0.15, 0.2) is 0 Å². The third-order valence-electron chi connectivity index (χ3n) is 2.90. The van der Waals surface area contributed by atoms with Gasteiger partial charge in [-0.05, 0) is 29.8 Å². The summed E-state index contributed by atoms with van der Waals surface area (Å²) in [5.74, 6) is 0. The highest BCUT2D eigenvalue weighted by molar-refractivity contribution is 6.45. The zero-order valence-electron chi connectivity index (χ0n) is 10.5. The topological polar surface area (TPSA) is 0 Å². The van der Waals surface area contributed by atoms with E-state index in [-0.39, 0.29) is 26.2 Å². The Balaban J connectivity index is 2.77. The number of alkyl halides is 5. The second kappa shape index (κ2) is 6.22. The van der Waals surface area contributed by atoms with E-state index < -0.39 is 23.7 Å². The molecule has 0 nitrogen and oxygen atoms in total. The Labute approximate surface area is 137 Å². The van der Waals surface area contributed by atoms with E-state index in [2.05, 4.69) is 0 Å². The van der Waals surface area contributed by atoms with E-state index in [0.717, 1.165) is 0 Å². The minimum atomic E-state index is -4.68. The van der Waals surface area contributed by atoms with E-state index in [9.17, 15) is 22.0 Å². The summed E-state index contributed by atoms with van der Waals surface area (Å²) in [7, 11) is 0. The first-order valence-electron chi connectivity index (χ1n) is 5.75. The fourth-order valence-electron chi connectivity index (χ4n) is 1.91. The van der Waals surface area contributed by atoms with Crippen molar-refractivity contribution in [1.29, 1.82) is 0 Å². The van der Waals surface area contributed by atoms with Crippen LogP contribution in [0.5, 0.6) is 0 Å². The summed E-state index contributed by atoms with van der Waals surface area (Å²) in [6.45, 7) is 0. The van der Waals surface area contributed by atoms with Gasteiger partial charge in [-0.25, -0.2) is 8.78 Å². The summed E-state index contributed by atoms with van der Waals surface area (Å²) in [5, 5.41) is -0.115. The molecular formula is C14H6Cl3F5. The number of halogens is 8. The monoisotopic (exact) mass is 374 g/mol. The van der Waals surface area contributed by atoms with E-state index in [4.69, 9.17) is 34.8 Å². The van der Waals surface area contributed by atoms with Crippen molar-refractivity contribution >= 4 is 34.8 Å². The van der Waals surface area contributed by atoms with Crippen LogP contribution in [0.4, 0.5) is 22.0 Å². The highest BCUT2D eigenvalue weighted by atomic mass is 35.5. The quantitative estimate of drug-likeness (QED) is 0.382. The van der Waals surface area contributed by atoms with Gasteiger partial charge in [0, 0.05) is 16.1 Å². The molecule has 0 saturated heterocycles. The number of rotatable bonds is 2. The van der Waals surface area contributed by atoms with E-state index in [1.807, 2.05) is 0 Å². The van der Waals surface area contributed by atoms with Gasteiger partial charge in [-0.3, -0.25) is 0 Å². The normalized spacial score (nSPS) is 12.0. The summed E-state index contributed by atoms with van der Waals surface area (Å²) >= 11 is 17.5. The fraction of sp³-hybridized carbons (Fsp3) is 0.143. The molecule has 0 aromatic heterocycles. The molecule has 0 unspecified atom stereocenters. The predicted octanol–water partition coefficient (Wildman–Crippen LogP) is 7.27. The first-order valence-corrected chi connectivity index (χ1v) is 6.89. The molecule has 118 valence electrons. The highest BCUT2D eigenvalue weighted by Crippen LogP contribution is 2.42. The Morgan fingerprint density at radius 3 is 2.05 bits per heavy atom. The van der Waals surface area contributed by atoms with Gasteiger partial charge in [-0.15, -0.1) is 0 Å². The predicted molar refractivity (Wildman–Crippen MR) is 76.9 cm³/mol. The highest BCUT2D eigenvalue weighted by Gasteiger charge is 2.32. The Morgan fingerprint density at radius 2 is 1.50 bits per heavy atom. The summed E-state index contributed by atoms with van der Waals surface area (Å²) in [5.41, 5.74) is -2.10. The lowest BCUT2D eigenvalue weighted by molar-refractivity contribution is -0.137. The second-order valence-corrected chi connectivity index (χ2v) is 5.57. The Morgan fingerprint density at radius 1 is 0.864 bits per heavy atom. The molecule has 0 spiro atoms. The maximum Gasteiger partial charge on any atom is 0.416 e. The van der Waals surface area contributed by atoms with Gasteiger partial charge in [0.25, 0.3) is 6.43 Å². The van der Waals surface area contributed by atoms with Gasteiger partial charge in [0.05, 0.1) is 15.6 Å². The molecule has 22 heavy (non-hydrogen) atoms. The van der Waals surface area contributed by atoms with E-state index in [1.54, 1.807) is 0 Å². The molecule has 0 fully saturated rings.